The van der Waals surface area contributed by atoms with Crippen LogP contribution in [0, 0.1) is 6.92 Å². The predicted octanol–water partition coefficient (Wildman–Crippen LogP) is 3.15. The van der Waals surface area contributed by atoms with Gasteiger partial charge in [-0.15, -0.1) is 0 Å². The summed E-state index contributed by atoms with van der Waals surface area (Å²) < 4.78 is 5.29. The number of hydrogen-bond donors (Lipinski definition) is 3. The first-order valence-electron chi connectivity index (χ1n) is 8.76. The molecule has 0 bridgehead atoms. The van der Waals surface area contributed by atoms with Gasteiger partial charge in [0.15, 0.2) is 0 Å². The minimum absolute atomic E-state index is 0.179. The number of phenols is 1. The van der Waals surface area contributed by atoms with Crippen LogP contribution in [-0.4, -0.2) is 12.2 Å². The minimum atomic E-state index is -0.537. The minimum Gasteiger partial charge on any atom is -0.508 e. The summed E-state index contributed by atoms with van der Waals surface area (Å²) in [4.78, 5) is 24.3. The Morgan fingerprint density at radius 1 is 1.04 bits per heavy atom. The van der Waals surface area contributed by atoms with E-state index in [-0.39, 0.29) is 17.0 Å². The van der Waals surface area contributed by atoms with Gasteiger partial charge in [0.25, 0.3) is 10.9 Å². The normalized spacial score (nSPS) is 14.7. The van der Waals surface area contributed by atoms with Crippen LogP contribution in [0.3, 0.4) is 0 Å². The Bertz CT molecular complexity index is 1090. The van der Waals surface area contributed by atoms with Crippen LogP contribution in [0.5, 0.6) is 11.5 Å². The third-order valence-electron chi connectivity index (χ3n) is 5.11. The molecule has 0 radical (unpaired) electrons. The molecule has 0 heterocycles. The Morgan fingerprint density at radius 2 is 1.78 bits per heavy atom. The van der Waals surface area contributed by atoms with Crippen LogP contribution < -0.4 is 26.2 Å². The fourth-order valence-electron chi connectivity index (χ4n) is 3.28. The van der Waals surface area contributed by atoms with Crippen LogP contribution in [-0.2, 0) is 5.54 Å². The van der Waals surface area contributed by atoms with E-state index in [9.17, 15) is 14.7 Å². The van der Waals surface area contributed by atoms with E-state index in [0.29, 0.717) is 16.9 Å². The van der Waals surface area contributed by atoms with E-state index >= 15 is 0 Å². The molecule has 0 spiro atoms. The number of methoxy groups -OCH3 is 1. The van der Waals surface area contributed by atoms with Gasteiger partial charge in [0.2, 0.25) is 0 Å². The number of anilines is 3. The van der Waals surface area contributed by atoms with Gasteiger partial charge < -0.3 is 20.5 Å². The van der Waals surface area contributed by atoms with Crippen molar-refractivity contribution >= 4 is 17.1 Å². The summed E-state index contributed by atoms with van der Waals surface area (Å²) in [5.41, 5.74) is 1.53. The topological polar surface area (TPSA) is 87.7 Å². The third kappa shape index (κ3) is 2.93. The summed E-state index contributed by atoms with van der Waals surface area (Å²) in [6.45, 7) is 1.77. The van der Waals surface area contributed by atoms with E-state index < -0.39 is 10.9 Å². The molecule has 3 aromatic carbocycles. The first-order chi connectivity index (χ1) is 12.9. The molecule has 1 saturated carbocycles. The highest BCUT2D eigenvalue weighted by Crippen LogP contribution is 2.49. The molecule has 138 valence electrons. The Hall–Kier alpha value is -3.28. The average molecular weight is 364 g/mol. The molecule has 3 aromatic rings. The highest BCUT2D eigenvalue weighted by atomic mass is 16.5. The number of rotatable bonds is 6. The summed E-state index contributed by atoms with van der Waals surface area (Å²) >= 11 is 0. The van der Waals surface area contributed by atoms with Crippen molar-refractivity contribution in [2.75, 3.05) is 17.7 Å². The van der Waals surface area contributed by atoms with Gasteiger partial charge in [-0.2, -0.15) is 0 Å². The van der Waals surface area contributed by atoms with E-state index in [2.05, 4.69) is 10.6 Å². The molecule has 0 aromatic heterocycles. The van der Waals surface area contributed by atoms with Gasteiger partial charge in [-0.05, 0) is 61.2 Å². The number of phenolic OH excluding ortho intramolecular Hbond substituents is 1. The quantitative estimate of drug-likeness (QED) is 0.460. The highest BCUT2D eigenvalue weighted by molar-refractivity contribution is 5.80. The van der Waals surface area contributed by atoms with Crippen molar-refractivity contribution in [1.82, 2.24) is 0 Å². The van der Waals surface area contributed by atoms with Crippen LogP contribution in [0.15, 0.2) is 52.1 Å². The molecule has 0 saturated heterocycles. The zero-order valence-corrected chi connectivity index (χ0v) is 15.1. The van der Waals surface area contributed by atoms with Crippen LogP contribution in [0.25, 0.3) is 0 Å². The Morgan fingerprint density at radius 3 is 2.44 bits per heavy atom. The molecule has 0 amide bonds. The van der Waals surface area contributed by atoms with E-state index in [1.807, 2.05) is 24.3 Å². The standard InChI is InChI=1S/C21H20N2O4/c1-12-10-14(6-7-16(12)24)22-17-18(20(26)19(17)25)23-21(8-9-21)13-4-3-5-15(11-13)27-2/h3-7,10-11,22-24H,8-9H2,1-2H3. The molecule has 1 aliphatic rings. The van der Waals surface area contributed by atoms with Crippen molar-refractivity contribution in [2.45, 2.75) is 25.3 Å². The molecule has 0 aliphatic heterocycles. The molecule has 1 aliphatic carbocycles. The predicted molar refractivity (Wildman–Crippen MR) is 105 cm³/mol. The zero-order chi connectivity index (χ0) is 19.2. The van der Waals surface area contributed by atoms with Gasteiger partial charge in [0.1, 0.15) is 22.9 Å². The molecule has 3 N–H and O–H groups in total. The number of aromatic hydroxyl groups is 1. The maximum atomic E-state index is 12.2. The largest absolute Gasteiger partial charge is 0.508 e. The van der Waals surface area contributed by atoms with Crippen molar-refractivity contribution in [3.63, 3.8) is 0 Å². The van der Waals surface area contributed by atoms with Crippen molar-refractivity contribution in [3.05, 3.63) is 74.0 Å². The van der Waals surface area contributed by atoms with Gasteiger partial charge in [0.05, 0.1) is 12.6 Å². The fraction of sp³-hybridized carbons (Fsp3) is 0.238. The first kappa shape index (κ1) is 17.1. The molecule has 6 heteroatoms. The lowest BCUT2D eigenvalue weighted by atomic mass is 10.0. The van der Waals surface area contributed by atoms with E-state index in [1.165, 1.54) is 0 Å². The lowest BCUT2D eigenvalue weighted by Crippen LogP contribution is -2.39. The second kappa shape index (κ2) is 6.16. The van der Waals surface area contributed by atoms with Crippen LogP contribution in [0.2, 0.25) is 0 Å². The molecule has 4 rings (SSSR count). The number of ether oxygens (including phenoxy) is 1. The SMILES string of the molecule is COc1cccc(C2(Nc3c(Nc4ccc(O)c(C)c4)c(=O)c3=O)CC2)c1. The summed E-state index contributed by atoms with van der Waals surface area (Å²) in [6, 6.07) is 12.7. The van der Waals surface area contributed by atoms with E-state index in [0.717, 1.165) is 24.2 Å². The second-order valence-electron chi connectivity index (χ2n) is 6.97. The third-order valence-corrected chi connectivity index (χ3v) is 5.11. The summed E-state index contributed by atoms with van der Waals surface area (Å²) in [6.07, 6.45) is 1.74. The number of nitrogens with one attached hydrogen (secondary N) is 2. The summed E-state index contributed by atoms with van der Waals surface area (Å²) in [5, 5.41) is 15.9. The molecule has 1 fully saturated rings. The lowest BCUT2D eigenvalue weighted by molar-refractivity contribution is 0.414. The van der Waals surface area contributed by atoms with Crippen molar-refractivity contribution in [1.29, 1.82) is 0 Å². The highest BCUT2D eigenvalue weighted by Gasteiger charge is 2.46. The number of hydrogen-bond acceptors (Lipinski definition) is 6. The van der Waals surface area contributed by atoms with Crippen LogP contribution in [0.4, 0.5) is 17.1 Å². The Labute approximate surface area is 156 Å². The molecule has 27 heavy (non-hydrogen) atoms. The monoisotopic (exact) mass is 364 g/mol. The van der Waals surface area contributed by atoms with Crippen LogP contribution in [0.1, 0.15) is 24.0 Å². The second-order valence-corrected chi connectivity index (χ2v) is 6.97. The maximum Gasteiger partial charge on any atom is 0.253 e. The smallest absolute Gasteiger partial charge is 0.253 e. The van der Waals surface area contributed by atoms with Gasteiger partial charge >= 0.3 is 0 Å². The lowest BCUT2D eigenvalue weighted by Gasteiger charge is -2.23. The Kier molecular flexibility index (Phi) is 3.91. The zero-order valence-electron chi connectivity index (χ0n) is 15.1. The van der Waals surface area contributed by atoms with Gasteiger partial charge in [-0.3, -0.25) is 9.59 Å². The first-order valence-corrected chi connectivity index (χ1v) is 8.76. The number of aryl methyl sites for hydroxylation is 1. The van der Waals surface area contributed by atoms with Gasteiger partial charge in [0, 0.05) is 5.69 Å². The Balaban J connectivity index is 1.62. The van der Waals surface area contributed by atoms with Gasteiger partial charge in [-0.25, -0.2) is 0 Å². The molecule has 0 unspecified atom stereocenters. The summed E-state index contributed by atoms with van der Waals surface area (Å²) in [7, 11) is 1.62. The van der Waals surface area contributed by atoms with E-state index in [4.69, 9.17) is 4.74 Å². The maximum absolute atomic E-state index is 12.2. The van der Waals surface area contributed by atoms with E-state index in [1.54, 1.807) is 32.2 Å². The molecule has 6 nitrogen and oxygen atoms in total. The van der Waals surface area contributed by atoms with Crippen molar-refractivity contribution in [2.24, 2.45) is 0 Å². The van der Waals surface area contributed by atoms with Crippen molar-refractivity contribution < 1.29 is 9.84 Å². The number of benzene rings is 2. The molecular formula is C21H20N2O4. The van der Waals surface area contributed by atoms with Crippen molar-refractivity contribution in [3.8, 4) is 11.5 Å². The van der Waals surface area contributed by atoms with Crippen LogP contribution >= 0.6 is 0 Å². The summed E-state index contributed by atoms with van der Waals surface area (Å²) in [5.74, 6) is 0.933. The molecule has 0 atom stereocenters. The average Bonchev–Trinajstić information content (AvgIpc) is 3.48. The molecular weight excluding hydrogens is 344 g/mol. The fourth-order valence-corrected chi connectivity index (χ4v) is 3.28. The van der Waals surface area contributed by atoms with Gasteiger partial charge in [-0.1, -0.05) is 12.1 Å².